The molecule has 468 valence electrons. The summed E-state index contributed by atoms with van der Waals surface area (Å²) in [7, 11) is 0. The molecule has 80 heavy (non-hydrogen) atoms. The van der Waals surface area contributed by atoms with Crippen molar-refractivity contribution in [2.45, 2.75) is 393 Å². The Kier molecular flexibility index (Phi) is 66.6. The van der Waals surface area contributed by atoms with Crippen molar-refractivity contribution >= 4 is 17.9 Å². The summed E-state index contributed by atoms with van der Waals surface area (Å²) in [5, 5.41) is 0. The molecule has 1 unspecified atom stereocenters. The third-order valence-electron chi connectivity index (χ3n) is 16.1. The van der Waals surface area contributed by atoms with E-state index in [4.69, 9.17) is 14.2 Å². The van der Waals surface area contributed by atoms with Crippen molar-refractivity contribution in [3.05, 3.63) is 48.6 Å². The van der Waals surface area contributed by atoms with E-state index in [-0.39, 0.29) is 31.1 Å². The number of carbonyl (C=O) groups excluding carboxylic acids is 3. The third-order valence-corrected chi connectivity index (χ3v) is 16.1. The average Bonchev–Trinajstić information content (AvgIpc) is 3.46. The number of rotatable bonds is 66. The smallest absolute Gasteiger partial charge is 0.306 e. The fraction of sp³-hybridized carbons (Fsp3) is 0.851. The van der Waals surface area contributed by atoms with Crippen molar-refractivity contribution in [2.24, 2.45) is 0 Å². The third kappa shape index (κ3) is 66.2. The molecule has 0 N–H and O–H groups in total. The predicted molar refractivity (Wildman–Crippen MR) is 349 cm³/mol. The first-order chi connectivity index (χ1) is 39.5. The lowest BCUT2D eigenvalue weighted by Gasteiger charge is -2.18. The molecule has 0 aliphatic carbocycles. The highest BCUT2D eigenvalue weighted by Crippen LogP contribution is 2.19. The molecule has 0 aromatic carbocycles. The van der Waals surface area contributed by atoms with Gasteiger partial charge in [0.05, 0.1) is 0 Å². The van der Waals surface area contributed by atoms with E-state index in [1.165, 1.54) is 250 Å². The molecule has 0 fully saturated rings. The molecule has 0 saturated carbocycles. The minimum Gasteiger partial charge on any atom is -0.462 e. The molecule has 0 aliphatic rings. The number of hydrogen-bond acceptors (Lipinski definition) is 6. The van der Waals surface area contributed by atoms with E-state index in [2.05, 4.69) is 69.4 Å². The molecule has 0 heterocycles. The van der Waals surface area contributed by atoms with Crippen LogP contribution < -0.4 is 0 Å². The Bertz CT molecular complexity index is 1380. The van der Waals surface area contributed by atoms with E-state index >= 15 is 0 Å². The number of unbranched alkanes of at least 4 members (excludes halogenated alkanes) is 47. The first-order valence-electron chi connectivity index (χ1n) is 35.6. The Morgan fingerprint density at radius 2 is 0.487 bits per heavy atom. The van der Waals surface area contributed by atoms with Crippen LogP contribution in [0.4, 0.5) is 0 Å². The standard InChI is InChI=1S/C74H136O6/c1-4-7-10-13-16-19-22-25-28-31-34-35-36-37-38-39-41-43-46-49-52-55-58-61-64-67-73(76)79-70-71(69-78-72(75)66-63-60-57-54-51-48-45-42-33-30-27-24-21-18-15-12-9-6-3)80-74(77)68-65-62-59-56-53-50-47-44-40-32-29-26-23-20-17-14-11-8-5-2/h8,11,17,20,26,29,40,44,71H,4-7,9-10,12-16,18-19,21-25,27-28,30-39,41-43,45-70H2,1-3H3/b11-8-,20-17-,29-26-,44-40-. The Balaban J connectivity index is 4.30. The van der Waals surface area contributed by atoms with Gasteiger partial charge in [0.15, 0.2) is 6.10 Å². The molecule has 0 rings (SSSR count). The van der Waals surface area contributed by atoms with Crippen molar-refractivity contribution in [1.29, 1.82) is 0 Å². The molecular weight excluding hydrogens is 985 g/mol. The molecule has 0 amide bonds. The van der Waals surface area contributed by atoms with Gasteiger partial charge in [-0.2, -0.15) is 0 Å². The molecule has 0 spiro atoms. The van der Waals surface area contributed by atoms with E-state index in [0.717, 1.165) is 96.3 Å². The van der Waals surface area contributed by atoms with E-state index in [1.807, 2.05) is 0 Å². The van der Waals surface area contributed by atoms with Gasteiger partial charge in [-0.3, -0.25) is 14.4 Å². The summed E-state index contributed by atoms with van der Waals surface area (Å²) in [6, 6.07) is 0. The SMILES string of the molecule is CC/C=C\C/C=C\C/C=C\C/C=C\CCCCCCCCC(=O)OC(COC(=O)CCCCCCCCCCCCCCCCCCCC)COC(=O)CCCCCCCCCCCCCCCCCCCCCCCCCCC. The maximum absolute atomic E-state index is 13.0. The minimum atomic E-state index is -0.779. The Morgan fingerprint density at radius 1 is 0.263 bits per heavy atom. The van der Waals surface area contributed by atoms with Crippen molar-refractivity contribution in [3.8, 4) is 0 Å². The fourth-order valence-electron chi connectivity index (χ4n) is 10.8. The van der Waals surface area contributed by atoms with Gasteiger partial charge in [0, 0.05) is 19.3 Å². The molecule has 0 bridgehead atoms. The Morgan fingerprint density at radius 3 is 0.762 bits per heavy atom. The molecule has 0 radical (unpaired) electrons. The first kappa shape index (κ1) is 77.4. The largest absolute Gasteiger partial charge is 0.462 e. The number of carbonyl (C=O) groups is 3. The molecule has 0 saturated heterocycles. The molecule has 6 nitrogen and oxygen atoms in total. The van der Waals surface area contributed by atoms with Gasteiger partial charge >= 0.3 is 17.9 Å². The lowest BCUT2D eigenvalue weighted by atomic mass is 10.0. The second-order valence-electron chi connectivity index (χ2n) is 24.1. The second kappa shape index (κ2) is 68.9. The predicted octanol–water partition coefficient (Wildman–Crippen LogP) is 24.5. The number of hydrogen-bond donors (Lipinski definition) is 0. The molecule has 0 aromatic heterocycles. The second-order valence-corrected chi connectivity index (χ2v) is 24.1. The summed E-state index contributed by atoms with van der Waals surface area (Å²) in [5.74, 6) is -0.858. The number of esters is 3. The van der Waals surface area contributed by atoms with Crippen molar-refractivity contribution < 1.29 is 28.6 Å². The maximum Gasteiger partial charge on any atom is 0.306 e. The number of allylic oxidation sites excluding steroid dienone is 8. The molecule has 0 aromatic rings. The van der Waals surface area contributed by atoms with Crippen LogP contribution in [0.25, 0.3) is 0 Å². The summed E-state index contributed by atoms with van der Waals surface area (Å²) in [4.78, 5) is 38.5. The van der Waals surface area contributed by atoms with Crippen LogP contribution in [0.2, 0.25) is 0 Å². The zero-order valence-corrected chi connectivity index (χ0v) is 53.9. The van der Waals surface area contributed by atoms with Gasteiger partial charge in [-0.25, -0.2) is 0 Å². The topological polar surface area (TPSA) is 78.9 Å². The highest BCUT2D eigenvalue weighted by Gasteiger charge is 2.19. The zero-order valence-electron chi connectivity index (χ0n) is 53.9. The number of ether oxygens (including phenoxy) is 3. The lowest BCUT2D eigenvalue weighted by Crippen LogP contribution is -2.30. The average molecular weight is 1120 g/mol. The molecular formula is C74H136O6. The van der Waals surface area contributed by atoms with E-state index in [0.29, 0.717) is 19.3 Å². The highest BCUT2D eigenvalue weighted by atomic mass is 16.6. The maximum atomic E-state index is 13.0. The van der Waals surface area contributed by atoms with Crippen LogP contribution in [-0.4, -0.2) is 37.2 Å². The molecule has 1 atom stereocenters. The lowest BCUT2D eigenvalue weighted by molar-refractivity contribution is -0.167. The fourth-order valence-corrected chi connectivity index (χ4v) is 10.8. The van der Waals surface area contributed by atoms with Gasteiger partial charge in [-0.15, -0.1) is 0 Å². The molecule has 6 heteroatoms. The van der Waals surface area contributed by atoms with Crippen molar-refractivity contribution in [2.75, 3.05) is 13.2 Å². The Hall–Kier alpha value is -2.63. The van der Waals surface area contributed by atoms with Crippen LogP contribution in [0.5, 0.6) is 0 Å². The minimum absolute atomic E-state index is 0.0736. The van der Waals surface area contributed by atoms with E-state index in [1.54, 1.807) is 0 Å². The van der Waals surface area contributed by atoms with Crippen LogP contribution >= 0.6 is 0 Å². The van der Waals surface area contributed by atoms with Crippen LogP contribution in [0.3, 0.4) is 0 Å². The van der Waals surface area contributed by atoms with Gasteiger partial charge in [0.2, 0.25) is 0 Å². The monoisotopic (exact) mass is 1120 g/mol. The highest BCUT2D eigenvalue weighted by molar-refractivity contribution is 5.71. The van der Waals surface area contributed by atoms with Gasteiger partial charge < -0.3 is 14.2 Å². The van der Waals surface area contributed by atoms with E-state index in [9.17, 15) is 14.4 Å². The van der Waals surface area contributed by atoms with Gasteiger partial charge in [0.25, 0.3) is 0 Å². The van der Waals surface area contributed by atoms with Crippen molar-refractivity contribution in [1.82, 2.24) is 0 Å². The van der Waals surface area contributed by atoms with Gasteiger partial charge in [0.1, 0.15) is 13.2 Å². The van der Waals surface area contributed by atoms with Crippen molar-refractivity contribution in [3.63, 3.8) is 0 Å². The van der Waals surface area contributed by atoms with Crippen LogP contribution in [0.15, 0.2) is 48.6 Å². The zero-order chi connectivity index (χ0) is 57.8. The first-order valence-corrected chi connectivity index (χ1v) is 35.6. The summed E-state index contributed by atoms with van der Waals surface area (Å²) in [6.07, 6.45) is 87.1. The summed E-state index contributed by atoms with van der Waals surface area (Å²) in [6.45, 7) is 6.60. The Labute approximate surface area is 498 Å². The van der Waals surface area contributed by atoms with Crippen LogP contribution in [0.1, 0.15) is 387 Å². The summed E-state index contributed by atoms with van der Waals surface area (Å²) < 4.78 is 17.0. The quantitative estimate of drug-likeness (QED) is 0.0261. The summed E-state index contributed by atoms with van der Waals surface area (Å²) >= 11 is 0. The van der Waals surface area contributed by atoms with Gasteiger partial charge in [-0.05, 0) is 57.8 Å². The van der Waals surface area contributed by atoms with Crippen LogP contribution in [-0.2, 0) is 28.6 Å². The van der Waals surface area contributed by atoms with E-state index < -0.39 is 6.10 Å². The van der Waals surface area contributed by atoms with Gasteiger partial charge in [-0.1, -0.05) is 358 Å². The summed E-state index contributed by atoms with van der Waals surface area (Å²) in [5.41, 5.74) is 0. The van der Waals surface area contributed by atoms with Crippen LogP contribution in [0, 0.1) is 0 Å². The molecule has 0 aliphatic heterocycles. The normalized spacial score (nSPS) is 12.3.